The van der Waals surface area contributed by atoms with Gasteiger partial charge in [0.15, 0.2) is 13.1 Å². The van der Waals surface area contributed by atoms with Crippen LogP contribution in [0.25, 0.3) is 0 Å². The van der Waals surface area contributed by atoms with Crippen LogP contribution >= 0.6 is 0 Å². The Morgan fingerprint density at radius 2 is 2.29 bits per heavy atom. The first-order valence-corrected chi connectivity index (χ1v) is 4.03. The van der Waals surface area contributed by atoms with Gasteiger partial charge in [-0.15, -0.1) is 5.10 Å². The van der Waals surface area contributed by atoms with E-state index in [4.69, 9.17) is 9.84 Å². The fourth-order valence-electron chi connectivity index (χ4n) is 1.24. The number of nitrogens with zero attached hydrogens (tertiary/aromatic N) is 2. The van der Waals surface area contributed by atoms with Crippen molar-refractivity contribution in [2.75, 3.05) is 11.7 Å². The number of hydrogen-bond acceptors (Lipinski definition) is 4. The van der Waals surface area contributed by atoms with Gasteiger partial charge >= 0.3 is 5.97 Å². The molecule has 1 N–H and O–H groups in total. The van der Waals surface area contributed by atoms with E-state index >= 15 is 0 Å². The Morgan fingerprint density at radius 3 is 2.93 bits per heavy atom. The predicted molar refractivity (Wildman–Crippen MR) is 50.3 cm³/mol. The van der Waals surface area contributed by atoms with Crippen LogP contribution in [0.4, 0.5) is 5.69 Å². The van der Waals surface area contributed by atoms with E-state index in [1.165, 1.54) is 17.5 Å². The molecule has 0 atom stereocenters. The summed E-state index contributed by atoms with van der Waals surface area (Å²) in [6.07, 6.45) is 1.29. The summed E-state index contributed by atoms with van der Waals surface area (Å²) in [5, 5.41) is 14.3. The van der Waals surface area contributed by atoms with Crippen molar-refractivity contribution in [3.8, 4) is 0 Å². The van der Waals surface area contributed by atoms with E-state index in [-0.39, 0.29) is 12.3 Å². The molecule has 1 aliphatic heterocycles. The molecule has 0 aliphatic carbocycles. The topological polar surface area (TPSA) is 62.1 Å². The molecular weight excluding hydrogens is 184 g/mol. The second-order valence-electron chi connectivity index (χ2n) is 2.74. The van der Waals surface area contributed by atoms with E-state index in [1.54, 1.807) is 18.2 Å². The molecule has 1 heterocycles. The molecule has 0 spiro atoms. The Labute approximate surface area is 80.2 Å². The number of hydrogen-bond donors (Lipinski definition) is 1. The number of carbonyl (C=O) groups is 1. The normalized spacial score (nSPS) is 14.1. The average molecular weight is 192 g/mol. The molecule has 14 heavy (non-hydrogen) atoms. The van der Waals surface area contributed by atoms with Crippen LogP contribution in [0.2, 0.25) is 0 Å². The van der Waals surface area contributed by atoms with Crippen molar-refractivity contribution < 1.29 is 14.6 Å². The average Bonchev–Trinajstić information content (AvgIpc) is 2.70. The standard InChI is InChI=1S/C9H8N2O3/c12-9(13)7-3-1-2-4-8(7)11-6-14-5-10-11/h1-5H,6H2,(H,12,13). The Hall–Kier alpha value is -2.04. The maximum Gasteiger partial charge on any atom is 0.337 e. The second-order valence-corrected chi connectivity index (χ2v) is 2.74. The highest BCUT2D eigenvalue weighted by atomic mass is 16.5. The van der Waals surface area contributed by atoms with Crippen LogP contribution in [0.1, 0.15) is 10.4 Å². The summed E-state index contributed by atoms with van der Waals surface area (Å²) in [4.78, 5) is 10.9. The molecule has 0 amide bonds. The lowest BCUT2D eigenvalue weighted by molar-refractivity contribution is 0.0697. The monoisotopic (exact) mass is 192 g/mol. The zero-order valence-electron chi connectivity index (χ0n) is 7.25. The van der Waals surface area contributed by atoms with Crippen LogP contribution in [0.15, 0.2) is 29.4 Å². The fraction of sp³-hybridized carbons (Fsp3) is 0.111. The van der Waals surface area contributed by atoms with Gasteiger partial charge in [-0.1, -0.05) is 12.1 Å². The molecule has 0 fully saturated rings. The molecule has 0 unspecified atom stereocenters. The molecule has 0 saturated heterocycles. The Bertz CT molecular complexity index is 389. The Morgan fingerprint density at radius 1 is 1.50 bits per heavy atom. The van der Waals surface area contributed by atoms with Gasteiger partial charge in [0.1, 0.15) is 0 Å². The van der Waals surface area contributed by atoms with Gasteiger partial charge in [-0.2, -0.15) is 0 Å². The minimum Gasteiger partial charge on any atom is -0.478 e. The van der Waals surface area contributed by atoms with Gasteiger partial charge in [0.05, 0.1) is 11.3 Å². The fourth-order valence-corrected chi connectivity index (χ4v) is 1.24. The van der Waals surface area contributed by atoms with Gasteiger partial charge < -0.3 is 9.84 Å². The summed E-state index contributed by atoms with van der Waals surface area (Å²) in [6.45, 7) is 0.254. The lowest BCUT2D eigenvalue weighted by Gasteiger charge is -2.13. The number of anilines is 1. The minimum atomic E-state index is -0.970. The minimum absolute atomic E-state index is 0.218. The van der Waals surface area contributed by atoms with E-state index in [1.807, 2.05) is 0 Å². The molecule has 1 aromatic rings. The van der Waals surface area contributed by atoms with Gasteiger partial charge in [0, 0.05) is 0 Å². The highest BCUT2D eigenvalue weighted by molar-refractivity contribution is 5.94. The molecule has 5 nitrogen and oxygen atoms in total. The maximum atomic E-state index is 10.9. The zero-order chi connectivity index (χ0) is 9.97. The third-order valence-corrected chi connectivity index (χ3v) is 1.87. The van der Waals surface area contributed by atoms with Gasteiger partial charge in [0.25, 0.3) is 0 Å². The Kier molecular flexibility index (Phi) is 2.06. The first-order valence-electron chi connectivity index (χ1n) is 4.03. The van der Waals surface area contributed by atoms with E-state index in [9.17, 15) is 4.79 Å². The number of rotatable bonds is 2. The SMILES string of the molecule is O=C(O)c1ccccc1N1COC=N1. The van der Waals surface area contributed by atoms with Crippen molar-refractivity contribution >= 4 is 18.1 Å². The molecule has 0 saturated carbocycles. The summed E-state index contributed by atoms with van der Waals surface area (Å²) < 4.78 is 4.89. The molecular formula is C9H8N2O3. The summed E-state index contributed by atoms with van der Waals surface area (Å²) in [5.74, 6) is -0.970. The van der Waals surface area contributed by atoms with Crippen LogP contribution in [0.3, 0.4) is 0 Å². The number of carboxylic acids is 1. The molecule has 2 rings (SSSR count). The number of hydrazone groups is 1. The summed E-state index contributed by atoms with van der Waals surface area (Å²) >= 11 is 0. The molecule has 0 bridgehead atoms. The van der Waals surface area contributed by atoms with E-state index in [0.29, 0.717) is 5.69 Å². The largest absolute Gasteiger partial charge is 0.478 e. The van der Waals surface area contributed by atoms with E-state index in [2.05, 4.69) is 5.10 Å². The molecule has 0 radical (unpaired) electrons. The quantitative estimate of drug-likeness (QED) is 0.762. The van der Waals surface area contributed by atoms with Gasteiger partial charge in [0.2, 0.25) is 0 Å². The third kappa shape index (κ3) is 1.39. The summed E-state index contributed by atoms with van der Waals surface area (Å²) in [5.41, 5.74) is 0.754. The number of benzene rings is 1. The lowest BCUT2D eigenvalue weighted by atomic mass is 10.2. The lowest BCUT2D eigenvalue weighted by Crippen LogP contribution is -2.16. The van der Waals surface area contributed by atoms with Crippen LogP contribution < -0.4 is 5.01 Å². The van der Waals surface area contributed by atoms with E-state index < -0.39 is 5.97 Å². The number of aromatic carboxylic acids is 1. The first kappa shape index (κ1) is 8.55. The molecule has 5 heteroatoms. The van der Waals surface area contributed by atoms with Crippen molar-refractivity contribution in [2.24, 2.45) is 5.10 Å². The van der Waals surface area contributed by atoms with Crippen molar-refractivity contribution in [2.45, 2.75) is 0 Å². The Balaban J connectivity index is 2.40. The van der Waals surface area contributed by atoms with Crippen LogP contribution in [0, 0.1) is 0 Å². The van der Waals surface area contributed by atoms with Crippen molar-refractivity contribution in [3.05, 3.63) is 29.8 Å². The van der Waals surface area contributed by atoms with Crippen LogP contribution in [-0.2, 0) is 4.74 Å². The number of para-hydroxylation sites is 1. The van der Waals surface area contributed by atoms with Crippen molar-refractivity contribution in [1.82, 2.24) is 0 Å². The zero-order valence-corrected chi connectivity index (χ0v) is 7.25. The van der Waals surface area contributed by atoms with Gasteiger partial charge in [-0.3, -0.25) is 0 Å². The molecule has 0 aromatic heterocycles. The number of ether oxygens (including phenoxy) is 1. The second kappa shape index (κ2) is 3.37. The molecule has 1 aliphatic rings. The first-order chi connectivity index (χ1) is 6.79. The smallest absolute Gasteiger partial charge is 0.337 e. The van der Waals surface area contributed by atoms with Crippen molar-refractivity contribution in [1.29, 1.82) is 0 Å². The molecule has 1 aromatic carbocycles. The van der Waals surface area contributed by atoms with Crippen LogP contribution in [-0.4, -0.2) is 24.2 Å². The van der Waals surface area contributed by atoms with Crippen molar-refractivity contribution in [3.63, 3.8) is 0 Å². The highest BCUT2D eigenvalue weighted by Crippen LogP contribution is 2.21. The third-order valence-electron chi connectivity index (χ3n) is 1.87. The highest BCUT2D eigenvalue weighted by Gasteiger charge is 2.16. The summed E-state index contributed by atoms with van der Waals surface area (Å²) in [6, 6.07) is 6.66. The molecule has 72 valence electrons. The van der Waals surface area contributed by atoms with Gasteiger partial charge in [-0.25, -0.2) is 9.80 Å². The number of carboxylic acid groups (broad SMARTS) is 1. The summed E-state index contributed by atoms with van der Waals surface area (Å²) in [7, 11) is 0. The van der Waals surface area contributed by atoms with E-state index in [0.717, 1.165) is 0 Å². The van der Waals surface area contributed by atoms with Crippen LogP contribution in [0.5, 0.6) is 0 Å². The maximum absolute atomic E-state index is 10.9. The predicted octanol–water partition coefficient (Wildman–Crippen LogP) is 1.12. The van der Waals surface area contributed by atoms with Gasteiger partial charge in [-0.05, 0) is 12.1 Å².